The van der Waals surface area contributed by atoms with Gasteiger partial charge in [-0.15, -0.1) is 0 Å². The minimum Gasteiger partial charge on any atom is -0.355 e. The molecule has 0 saturated carbocycles. The first-order valence-corrected chi connectivity index (χ1v) is 6.41. The first-order chi connectivity index (χ1) is 9.22. The van der Waals surface area contributed by atoms with Crippen molar-refractivity contribution in [1.29, 1.82) is 0 Å². The second-order valence-electron chi connectivity index (χ2n) is 4.88. The molecule has 2 nitrogen and oxygen atoms in total. The maximum absolute atomic E-state index is 4.38. The van der Waals surface area contributed by atoms with Crippen LogP contribution in [0.25, 0.3) is 10.9 Å². The van der Waals surface area contributed by atoms with Gasteiger partial charge in [-0.1, -0.05) is 24.3 Å². The van der Waals surface area contributed by atoms with Gasteiger partial charge in [-0.3, -0.25) is 4.98 Å². The summed E-state index contributed by atoms with van der Waals surface area (Å²) in [5.41, 5.74) is 5.75. The molecular weight excluding hydrogens is 232 g/mol. The number of aryl methyl sites for hydroxylation is 2. The van der Waals surface area contributed by atoms with E-state index in [0.717, 1.165) is 22.3 Å². The predicted octanol–water partition coefficient (Wildman–Crippen LogP) is 4.60. The third-order valence-corrected chi connectivity index (χ3v) is 3.15. The largest absolute Gasteiger partial charge is 0.355 e. The number of hydrogen-bond donors (Lipinski definition) is 1. The zero-order valence-corrected chi connectivity index (χ0v) is 11.1. The molecule has 0 aliphatic carbocycles. The molecule has 2 aromatic carbocycles. The van der Waals surface area contributed by atoms with Crippen LogP contribution in [-0.4, -0.2) is 4.98 Å². The molecule has 3 rings (SSSR count). The van der Waals surface area contributed by atoms with Crippen molar-refractivity contribution in [3.63, 3.8) is 0 Å². The Morgan fingerprint density at radius 1 is 0.895 bits per heavy atom. The maximum atomic E-state index is 4.38. The fourth-order valence-corrected chi connectivity index (χ4v) is 2.41. The van der Waals surface area contributed by atoms with Gasteiger partial charge in [0.1, 0.15) is 0 Å². The van der Waals surface area contributed by atoms with Crippen molar-refractivity contribution in [2.45, 2.75) is 13.8 Å². The molecule has 0 spiro atoms. The predicted molar refractivity (Wildman–Crippen MR) is 80.9 cm³/mol. The lowest BCUT2D eigenvalue weighted by atomic mass is 10.1. The third kappa shape index (κ3) is 2.43. The molecule has 0 saturated heterocycles. The number of hydrogen-bond acceptors (Lipinski definition) is 2. The maximum Gasteiger partial charge on any atom is 0.0722 e. The Labute approximate surface area is 113 Å². The molecule has 0 bridgehead atoms. The number of rotatable bonds is 2. The van der Waals surface area contributed by atoms with Gasteiger partial charge in [0.2, 0.25) is 0 Å². The van der Waals surface area contributed by atoms with E-state index in [-0.39, 0.29) is 0 Å². The second-order valence-corrected chi connectivity index (χ2v) is 4.88. The standard InChI is InChI=1S/C17H16N2/c1-12-9-13(2)11-14(10-12)19-17-7-8-18-16-6-4-3-5-15(16)17/h3-11H,1-2H3,(H,18,19). The number of fused-ring (bicyclic) bond motifs is 1. The molecule has 0 aliphatic heterocycles. The summed E-state index contributed by atoms with van der Waals surface area (Å²) < 4.78 is 0. The Hall–Kier alpha value is -2.35. The van der Waals surface area contributed by atoms with Gasteiger partial charge in [0.05, 0.1) is 5.52 Å². The van der Waals surface area contributed by atoms with Crippen molar-refractivity contribution in [2.24, 2.45) is 0 Å². The number of nitrogens with zero attached hydrogens (tertiary/aromatic N) is 1. The first kappa shape index (κ1) is 11.7. The summed E-state index contributed by atoms with van der Waals surface area (Å²) >= 11 is 0. The van der Waals surface area contributed by atoms with Crippen molar-refractivity contribution < 1.29 is 0 Å². The van der Waals surface area contributed by atoms with Gasteiger partial charge in [0.15, 0.2) is 0 Å². The highest BCUT2D eigenvalue weighted by atomic mass is 14.9. The molecule has 1 N–H and O–H groups in total. The van der Waals surface area contributed by atoms with Gasteiger partial charge in [-0.25, -0.2) is 0 Å². The molecule has 1 heterocycles. The average molecular weight is 248 g/mol. The fraction of sp³-hybridized carbons (Fsp3) is 0.118. The zero-order valence-electron chi connectivity index (χ0n) is 11.1. The summed E-state index contributed by atoms with van der Waals surface area (Å²) in [4.78, 5) is 4.38. The van der Waals surface area contributed by atoms with Crippen molar-refractivity contribution in [1.82, 2.24) is 4.98 Å². The second kappa shape index (κ2) is 4.73. The zero-order chi connectivity index (χ0) is 13.2. The molecule has 3 aromatic rings. The Morgan fingerprint density at radius 2 is 1.63 bits per heavy atom. The topological polar surface area (TPSA) is 24.9 Å². The summed E-state index contributed by atoms with van der Waals surface area (Å²) in [6.45, 7) is 4.23. The van der Waals surface area contributed by atoms with E-state index in [1.165, 1.54) is 11.1 Å². The Kier molecular flexibility index (Phi) is 2.92. The SMILES string of the molecule is Cc1cc(C)cc(Nc2ccnc3ccccc23)c1. The van der Waals surface area contributed by atoms with E-state index in [4.69, 9.17) is 0 Å². The summed E-state index contributed by atoms with van der Waals surface area (Å²) in [5.74, 6) is 0. The fourth-order valence-electron chi connectivity index (χ4n) is 2.41. The van der Waals surface area contributed by atoms with Crippen molar-refractivity contribution in [3.8, 4) is 0 Å². The molecule has 94 valence electrons. The first-order valence-electron chi connectivity index (χ1n) is 6.41. The molecule has 19 heavy (non-hydrogen) atoms. The number of para-hydroxylation sites is 1. The Bertz CT molecular complexity index is 707. The van der Waals surface area contributed by atoms with E-state index in [1.54, 1.807) is 0 Å². The third-order valence-electron chi connectivity index (χ3n) is 3.15. The van der Waals surface area contributed by atoms with Crippen LogP contribution in [0.15, 0.2) is 54.7 Å². The van der Waals surface area contributed by atoms with E-state index >= 15 is 0 Å². The number of anilines is 2. The normalized spacial score (nSPS) is 10.6. The molecule has 0 amide bonds. The lowest BCUT2D eigenvalue weighted by Crippen LogP contribution is -1.93. The number of nitrogens with one attached hydrogen (secondary N) is 1. The molecule has 0 radical (unpaired) electrons. The minimum absolute atomic E-state index is 1.01. The van der Waals surface area contributed by atoms with Crippen LogP contribution in [0.3, 0.4) is 0 Å². The molecular formula is C17H16N2. The lowest BCUT2D eigenvalue weighted by Gasteiger charge is -2.11. The Balaban J connectivity index is 2.05. The summed E-state index contributed by atoms with van der Waals surface area (Å²) in [6.07, 6.45) is 1.84. The molecule has 0 atom stereocenters. The quantitative estimate of drug-likeness (QED) is 0.717. The van der Waals surface area contributed by atoms with Crippen LogP contribution in [0.2, 0.25) is 0 Å². The van der Waals surface area contributed by atoms with Crippen LogP contribution >= 0.6 is 0 Å². The van der Waals surface area contributed by atoms with E-state index in [1.807, 2.05) is 30.5 Å². The average Bonchev–Trinajstić information content (AvgIpc) is 2.38. The molecule has 1 aromatic heterocycles. The van der Waals surface area contributed by atoms with Crippen molar-refractivity contribution in [2.75, 3.05) is 5.32 Å². The van der Waals surface area contributed by atoms with Crippen LogP contribution in [0.1, 0.15) is 11.1 Å². The van der Waals surface area contributed by atoms with Crippen LogP contribution in [0.5, 0.6) is 0 Å². The molecule has 2 heteroatoms. The van der Waals surface area contributed by atoms with E-state index in [0.29, 0.717) is 0 Å². The van der Waals surface area contributed by atoms with Crippen LogP contribution in [0.4, 0.5) is 11.4 Å². The molecule has 0 fully saturated rings. The van der Waals surface area contributed by atoms with E-state index in [2.05, 4.69) is 48.4 Å². The van der Waals surface area contributed by atoms with Crippen molar-refractivity contribution in [3.05, 3.63) is 65.9 Å². The van der Waals surface area contributed by atoms with Gasteiger partial charge < -0.3 is 5.32 Å². The smallest absolute Gasteiger partial charge is 0.0722 e. The monoisotopic (exact) mass is 248 g/mol. The van der Waals surface area contributed by atoms with Gasteiger partial charge >= 0.3 is 0 Å². The summed E-state index contributed by atoms with van der Waals surface area (Å²) in [7, 11) is 0. The molecule has 0 unspecified atom stereocenters. The Morgan fingerprint density at radius 3 is 2.42 bits per heavy atom. The van der Waals surface area contributed by atoms with Gasteiger partial charge in [-0.05, 0) is 49.2 Å². The highest BCUT2D eigenvalue weighted by molar-refractivity contribution is 5.92. The number of pyridine rings is 1. The van der Waals surface area contributed by atoms with E-state index in [9.17, 15) is 0 Å². The summed E-state index contributed by atoms with van der Waals surface area (Å²) in [6, 6.07) is 16.7. The van der Waals surface area contributed by atoms with Crippen LogP contribution < -0.4 is 5.32 Å². The van der Waals surface area contributed by atoms with Crippen molar-refractivity contribution >= 4 is 22.3 Å². The number of benzene rings is 2. The highest BCUT2D eigenvalue weighted by Crippen LogP contribution is 2.25. The number of aromatic nitrogens is 1. The van der Waals surface area contributed by atoms with E-state index < -0.39 is 0 Å². The van der Waals surface area contributed by atoms with Gasteiger partial charge in [-0.2, -0.15) is 0 Å². The minimum atomic E-state index is 1.01. The van der Waals surface area contributed by atoms with Crippen LogP contribution in [0, 0.1) is 13.8 Å². The highest BCUT2D eigenvalue weighted by Gasteiger charge is 2.02. The summed E-state index contributed by atoms with van der Waals surface area (Å²) in [5, 5.41) is 4.63. The van der Waals surface area contributed by atoms with Gasteiger partial charge in [0, 0.05) is 23.0 Å². The lowest BCUT2D eigenvalue weighted by molar-refractivity contribution is 1.37. The van der Waals surface area contributed by atoms with Crippen LogP contribution in [-0.2, 0) is 0 Å². The van der Waals surface area contributed by atoms with Gasteiger partial charge in [0.25, 0.3) is 0 Å². The molecule has 0 aliphatic rings.